The van der Waals surface area contributed by atoms with E-state index in [4.69, 9.17) is 11.6 Å². The third-order valence-corrected chi connectivity index (χ3v) is 3.29. The summed E-state index contributed by atoms with van der Waals surface area (Å²) in [5.74, 6) is -0.274. The van der Waals surface area contributed by atoms with Crippen molar-refractivity contribution in [2.75, 3.05) is 10.5 Å². The van der Waals surface area contributed by atoms with Crippen molar-refractivity contribution in [3.8, 4) is 0 Å². The molecule has 0 saturated heterocycles. The summed E-state index contributed by atoms with van der Waals surface area (Å²) in [6, 6.07) is 3.66. The molecule has 17 heavy (non-hydrogen) atoms. The summed E-state index contributed by atoms with van der Waals surface area (Å²) in [4.78, 5) is 9.91. The van der Waals surface area contributed by atoms with Crippen LogP contribution in [0.25, 0.3) is 0 Å². The minimum absolute atomic E-state index is 0.0540. The van der Waals surface area contributed by atoms with Crippen LogP contribution in [0, 0.1) is 10.1 Å². The Hall–Kier alpha value is -1.60. The van der Waals surface area contributed by atoms with Gasteiger partial charge in [-0.1, -0.05) is 17.7 Å². The highest BCUT2D eigenvalue weighted by Gasteiger charge is 2.15. The van der Waals surface area contributed by atoms with E-state index in [9.17, 15) is 18.5 Å². The zero-order chi connectivity index (χ0) is 13.1. The van der Waals surface area contributed by atoms with Crippen LogP contribution in [0.5, 0.6) is 0 Å². The second kappa shape index (κ2) is 5.15. The Morgan fingerprint density at radius 2 is 2.18 bits per heavy atom. The normalized spacial score (nSPS) is 10.9. The van der Waals surface area contributed by atoms with Gasteiger partial charge in [-0.25, -0.2) is 8.42 Å². The fourth-order valence-electron chi connectivity index (χ4n) is 1.09. The van der Waals surface area contributed by atoms with Gasteiger partial charge in [-0.15, -0.1) is 6.58 Å². The molecule has 0 heterocycles. The van der Waals surface area contributed by atoms with Gasteiger partial charge in [0, 0.05) is 6.07 Å². The van der Waals surface area contributed by atoms with Crippen molar-refractivity contribution in [3.05, 3.63) is 46.0 Å². The van der Waals surface area contributed by atoms with Gasteiger partial charge in [0.15, 0.2) is 0 Å². The first-order valence-electron chi connectivity index (χ1n) is 4.41. The summed E-state index contributed by atoms with van der Waals surface area (Å²) in [7, 11) is -3.57. The Labute approximate surface area is 103 Å². The molecule has 1 aromatic rings. The number of hydrogen-bond donors (Lipinski definition) is 1. The predicted octanol–water partition coefficient (Wildman–Crippen LogP) is 2.18. The van der Waals surface area contributed by atoms with Crippen molar-refractivity contribution in [2.45, 2.75) is 0 Å². The molecule has 1 aromatic carbocycles. The first-order valence-corrected chi connectivity index (χ1v) is 6.44. The second-order valence-electron chi connectivity index (χ2n) is 3.10. The average molecular weight is 277 g/mol. The average Bonchev–Trinajstić information content (AvgIpc) is 2.20. The standard InChI is InChI=1S/C9H9ClN2O4S/c1-2-5-17(15,16)11-7-3-4-8(10)9(6-7)12(13)14/h2-4,6,11H,1,5H2. The van der Waals surface area contributed by atoms with Crippen molar-refractivity contribution < 1.29 is 13.3 Å². The summed E-state index contributed by atoms with van der Waals surface area (Å²) in [5.41, 5.74) is -0.270. The molecule has 92 valence electrons. The van der Waals surface area contributed by atoms with E-state index >= 15 is 0 Å². The van der Waals surface area contributed by atoms with Crippen LogP contribution in [-0.2, 0) is 10.0 Å². The fourth-order valence-corrected chi connectivity index (χ4v) is 2.16. The van der Waals surface area contributed by atoms with Crippen LogP contribution in [0.4, 0.5) is 11.4 Å². The molecule has 1 N–H and O–H groups in total. The van der Waals surface area contributed by atoms with Crippen LogP contribution in [0.3, 0.4) is 0 Å². The highest BCUT2D eigenvalue weighted by molar-refractivity contribution is 7.92. The van der Waals surface area contributed by atoms with Gasteiger partial charge >= 0.3 is 0 Å². The molecule has 0 aliphatic carbocycles. The molecule has 0 bridgehead atoms. The van der Waals surface area contributed by atoms with Crippen LogP contribution in [0.1, 0.15) is 0 Å². The number of nitrogens with one attached hydrogen (secondary N) is 1. The third-order valence-electron chi connectivity index (χ3n) is 1.75. The van der Waals surface area contributed by atoms with Gasteiger partial charge in [0.05, 0.1) is 16.4 Å². The Balaban J connectivity index is 3.05. The lowest BCUT2D eigenvalue weighted by Crippen LogP contribution is -2.15. The monoisotopic (exact) mass is 276 g/mol. The van der Waals surface area contributed by atoms with Crippen LogP contribution < -0.4 is 4.72 Å². The number of halogens is 1. The number of nitro benzene ring substituents is 1. The zero-order valence-electron chi connectivity index (χ0n) is 8.59. The molecule has 0 amide bonds. The topological polar surface area (TPSA) is 89.3 Å². The second-order valence-corrected chi connectivity index (χ2v) is 5.27. The minimum Gasteiger partial charge on any atom is -0.283 e. The molecule has 8 heteroatoms. The van der Waals surface area contributed by atoms with E-state index in [0.717, 1.165) is 6.07 Å². The number of benzene rings is 1. The van der Waals surface area contributed by atoms with Gasteiger partial charge in [0.2, 0.25) is 10.0 Å². The first-order chi connectivity index (χ1) is 7.85. The predicted molar refractivity (Wildman–Crippen MR) is 65.7 cm³/mol. The molecule has 0 unspecified atom stereocenters. The van der Waals surface area contributed by atoms with E-state index in [2.05, 4.69) is 11.3 Å². The molecule has 0 aromatic heterocycles. The Morgan fingerprint density at radius 1 is 1.53 bits per heavy atom. The number of anilines is 1. The number of nitro groups is 1. The maximum absolute atomic E-state index is 11.4. The molecule has 0 atom stereocenters. The van der Waals surface area contributed by atoms with Crippen molar-refractivity contribution in [1.29, 1.82) is 0 Å². The van der Waals surface area contributed by atoms with Gasteiger partial charge in [0.25, 0.3) is 5.69 Å². The van der Waals surface area contributed by atoms with E-state index in [0.29, 0.717) is 0 Å². The number of rotatable bonds is 5. The highest BCUT2D eigenvalue weighted by atomic mass is 35.5. The Kier molecular flexibility index (Phi) is 4.08. The summed E-state index contributed by atoms with van der Waals surface area (Å²) < 4.78 is 24.9. The molecule has 0 saturated carbocycles. The van der Waals surface area contributed by atoms with Gasteiger partial charge in [0.1, 0.15) is 5.02 Å². The van der Waals surface area contributed by atoms with E-state index in [1.165, 1.54) is 18.2 Å². The lowest BCUT2D eigenvalue weighted by atomic mass is 10.3. The van der Waals surface area contributed by atoms with E-state index in [1.807, 2.05) is 0 Å². The fraction of sp³-hybridized carbons (Fsp3) is 0.111. The largest absolute Gasteiger partial charge is 0.289 e. The number of hydrogen-bond acceptors (Lipinski definition) is 4. The summed E-state index contributed by atoms with van der Waals surface area (Å²) in [6.45, 7) is 3.30. The maximum atomic E-state index is 11.4. The summed E-state index contributed by atoms with van der Waals surface area (Å²) >= 11 is 5.59. The number of nitrogens with zero attached hydrogens (tertiary/aromatic N) is 1. The molecule has 0 radical (unpaired) electrons. The van der Waals surface area contributed by atoms with Crippen molar-refractivity contribution in [1.82, 2.24) is 0 Å². The van der Waals surface area contributed by atoms with Crippen LogP contribution >= 0.6 is 11.6 Å². The van der Waals surface area contributed by atoms with Crippen molar-refractivity contribution >= 4 is 33.0 Å². The lowest BCUT2D eigenvalue weighted by Gasteiger charge is -2.06. The Bertz CT molecular complexity index is 556. The van der Waals surface area contributed by atoms with E-state index in [-0.39, 0.29) is 22.2 Å². The van der Waals surface area contributed by atoms with E-state index in [1.54, 1.807) is 0 Å². The SMILES string of the molecule is C=CCS(=O)(=O)Nc1ccc(Cl)c([N+](=O)[O-])c1. The quantitative estimate of drug-likeness (QED) is 0.507. The Morgan fingerprint density at radius 3 is 2.71 bits per heavy atom. The smallest absolute Gasteiger partial charge is 0.283 e. The molecule has 0 fully saturated rings. The van der Waals surface area contributed by atoms with Gasteiger partial charge in [-0.3, -0.25) is 14.8 Å². The number of sulfonamides is 1. The molecular formula is C9H9ClN2O4S. The van der Waals surface area contributed by atoms with E-state index < -0.39 is 14.9 Å². The van der Waals surface area contributed by atoms with Gasteiger partial charge in [-0.05, 0) is 12.1 Å². The van der Waals surface area contributed by atoms with Gasteiger partial charge < -0.3 is 0 Å². The maximum Gasteiger partial charge on any atom is 0.289 e. The molecule has 0 aliphatic heterocycles. The summed E-state index contributed by atoms with van der Waals surface area (Å²) in [5, 5.41) is 10.5. The molecule has 1 rings (SSSR count). The van der Waals surface area contributed by atoms with Crippen LogP contribution in [0.15, 0.2) is 30.9 Å². The minimum atomic E-state index is -3.57. The van der Waals surface area contributed by atoms with Crippen molar-refractivity contribution in [3.63, 3.8) is 0 Å². The highest BCUT2D eigenvalue weighted by Crippen LogP contribution is 2.27. The third kappa shape index (κ3) is 3.72. The lowest BCUT2D eigenvalue weighted by molar-refractivity contribution is -0.384. The first kappa shape index (κ1) is 13.5. The van der Waals surface area contributed by atoms with Crippen LogP contribution in [0.2, 0.25) is 5.02 Å². The molecule has 0 aliphatic rings. The van der Waals surface area contributed by atoms with Gasteiger partial charge in [-0.2, -0.15) is 0 Å². The summed E-state index contributed by atoms with van der Waals surface area (Å²) in [6.07, 6.45) is 1.21. The van der Waals surface area contributed by atoms with Crippen molar-refractivity contribution in [2.24, 2.45) is 0 Å². The molecule has 6 nitrogen and oxygen atoms in total. The molecular weight excluding hydrogens is 268 g/mol. The molecule has 0 spiro atoms. The zero-order valence-corrected chi connectivity index (χ0v) is 10.2. The van der Waals surface area contributed by atoms with Crippen LogP contribution in [-0.4, -0.2) is 19.1 Å².